The Morgan fingerprint density at radius 3 is 2.64 bits per heavy atom. The van der Waals surface area contributed by atoms with E-state index in [0.717, 1.165) is 14.7 Å². The Hall–Kier alpha value is -4.15. The second-order valence-electron chi connectivity index (χ2n) is 10.9. The molecule has 16 heteroatoms. The molecule has 0 saturated carbocycles. The quantitative estimate of drug-likeness (QED) is 0.0909. The minimum Gasteiger partial charge on any atom is -0.477 e. The Bertz CT molecular complexity index is 1630. The van der Waals surface area contributed by atoms with E-state index >= 15 is 0 Å². The Morgan fingerprint density at radius 2 is 2.00 bits per heavy atom. The molecule has 14 nitrogen and oxygen atoms in total. The number of nitrogens with one attached hydrogen (secondary N) is 1. The number of thioether (sulfide) groups is 1. The lowest BCUT2D eigenvalue weighted by molar-refractivity contribution is -0.751. The maximum atomic E-state index is 12.8. The Labute approximate surface area is 267 Å². The lowest BCUT2D eigenvalue weighted by Crippen LogP contribution is -2.63. The molecule has 5 rings (SSSR count). The standard InChI is InChI=1S/C29H34N6O8S2/c1-6-10-42-28(40)30-27(31-29(41)43-11-7-2)32-9-8-17(12-32)34-14-33-13-18(45-24(33)25(34)44-5)19-15(3)21-20(16(4)36)23(37)35(21)22(19)26(38)39/h6-7,13-17,20-21,36H,1-2,8-12H2,3-5H3,(H-,30,31,38,39,40,41)/p+1/t15-,16+,17-,20+,21+/m0/s1. The van der Waals surface area contributed by atoms with Gasteiger partial charge in [-0.25, -0.2) is 19.0 Å². The number of carbonyl (C=O) groups excluding carboxylic acids is 3. The Morgan fingerprint density at radius 1 is 1.29 bits per heavy atom. The van der Waals surface area contributed by atoms with E-state index in [4.69, 9.17) is 9.47 Å². The first-order chi connectivity index (χ1) is 21.5. The van der Waals surface area contributed by atoms with E-state index in [9.17, 15) is 29.4 Å². The SMILES string of the molecule is C=CCOC(=O)N=C(NC(=O)OCC=C)N1CC[C@H]([n+]2cn3cc(C4=C(C(=O)O)N5C(=O)[C@H]([C@@H](C)O)[C@H]5[C@H]4C)sc3c2SC)C1. The van der Waals surface area contributed by atoms with Crippen LogP contribution in [0, 0.1) is 11.8 Å². The number of aliphatic hydroxyl groups is 1. The first kappa shape index (κ1) is 32.2. The molecular formula is C29H35N6O8S2+. The molecule has 0 aliphatic carbocycles. The topological polar surface area (TPSA) is 166 Å². The number of alkyl carbamates (subject to hydrolysis) is 1. The molecule has 5 heterocycles. The van der Waals surface area contributed by atoms with Crippen LogP contribution in [-0.2, 0) is 19.1 Å². The molecule has 2 aromatic heterocycles. The molecule has 3 N–H and O–H groups in total. The van der Waals surface area contributed by atoms with Gasteiger partial charge in [0.1, 0.15) is 31.1 Å². The van der Waals surface area contributed by atoms with Gasteiger partial charge in [-0.1, -0.05) is 55.3 Å². The van der Waals surface area contributed by atoms with Crippen molar-refractivity contribution < 1.29 is 43.4 Å². The normalized spacial score (nSPS) is 23.6. The summed E-state index contributed by atoms with van der Waals surface area (Å²) in [6, 6.07) is -0.448. The van der Waals surface area contributed by atoms with Crippen molar-refractivity contribution in [2.75, 3.05) is 32.6 Å². The molecule has 2 saturated heterocycles. The minimum atomic E-state index is -1.17. The second-order valence-corrected chi connectivity index (χ2v) is 12.7. The number of aliphatic hydroxyl groups excluding tert-OH is 1. The van der Waals surface area contributed by atoms with Crippen molar-refractivity contribution in [3.8, 4) is 0 Å². The van der Waals surface area contributed by atoms with E-state index < -0.39 is 36.2 Å². The van der Waals surface area contributed by atoms with E-state index in [1.807, 2.05) is 30.1 Å². The average molecular weight is 660 g/mol. The van der Waals surface area contributed by atoms with Gasteiger partial charge in [0.25, 0.3) is 6.33 Å². The highest BCUT2D eigenvalue weighted by Crippen LogP contribution is 2.51. The van der Waals surface area contributed by atoms with Gasteiger partial charge in [-0.15, -0.1) is 4.99 Å². The number of aliphatic carboxylic acids is 1. The third-order valence-corrected chi connectivity index (χ3v) is 10.2. The number of fused-ring (bicyclic) bond motifs is 2. The molecule has 3 aliphatic heterocycles. The fraction of sp³-hybridized carbons (Fsp3) is 0.448. The van der Waals surface area contributed by atoms with Crippen molar-refractivity contribution >= 4 is 63.5 Å². The number of carbonyl (C=O) groups is 4. The summed E-state index contributed by atoms with van der Waals surface area (Å²) in [6.45, 7) is 11.3. The number of thiazole rings is 1. The number of nitrogens with zero attached hydrogens (tertiary/aromatic N) is 5. The molecule has 3 aliphatic rings. The number of amides is 3. The Kier molecular flexibility index (Phi) is 9.36. The number of aliphatic imine (C=N–C) groups is 1. The van der Waals surface area contributed by atoms with Crippen molar-refractivity contribution in [2.45, 2.75) is 43.5 Å². The molecule has 0 bridgehead atoms. The van der Waals surface area contributed by atoms with Crippen LogP contribution in [0.2, 0.25) is 0 Å². The molecule has 240 valence electrons. The number of β-lactam (4-membered cyclic amide) rings is 1. The zero-order chi connectivity index (χ0) is 32.6. The van der Waals surface area contributed by atoms with Crippen LogP contribution in [0.15, 0.2) is 53.5 Å². The smallest absolute Gasteiger partial charge is 0.437 e. The summed E-state index contributed by atoms with van der Waals surface area (Å²) < 4.78 is 14.1. The molecule has 0 radical (unpaired) electrons. The number of rotatable bonds is 9. The fourth-order valence-electron chi connectivity index (χ4n) is 6.23. The number of aromatic nitrogens is 2. The van der Waals surface area contributed by atoms with Gasteiger partial charge in [0, 0.05) is 24.5 Å². The first-order valence-corrected chi connectivity index (χ1v) is 16.3. The number of carboxylic acids is 1. The van der Waals surface area contributed by atoms with Gasteiger partial charge >= 0.3 is 18.2 Å². The number of guanidine groups is 1. The van der Waals surface area contributed by atoms with Crippen LogP contribution in [-0.4, -0.2) is 99.1 Å². The van der Waals surface area contributed by atoms with Gasteiger partial charge in [-0.2, -0.15) is 4.40 Å². The molecule has 0 spiro atoms. The largest absolute Gasteiger partial charge is 0.477 e. The maximum Gasteiger partial charge on any atom is 0.437 e. The summed E-state index contributed by atoms with van der Waals surface area (Å²) in [6.07, 6.45) is 6.74. The number of carboxylic acid groups (broad SMARTS) is 1. The zero-order valence-corrected chi connectivity index (χ0v) is 26.7. The van der Waals surface area contributed by atoms with Crippen molar-refractivity contribution in [3.63, 3.8) is 0 Å². The second kappa shape index (κ2) is 13.1. The highest BCUT2D eigenvalue weighted by atomic mass is 32.2. The number of ether oxygens (including phenoxy) is 2. The highest BCUT2D eigenvalue weighted by Gasteiger charge is 2.60. The van der Waals surface area contributed by atoms with Gasteiger partial charge in [-0.3, -0.25) is 10.1 Å². The lowest BCUT2D eigenvalue weighted by Gasteiger charge is -2.46. The van der Waals surface area contributed by atoms with Crippen molar-refractivity contribution in [1.82, 2.24) is 19.5 Å². The van der Waals surface area contributed by atoms with Crippen LogP contribution in [0.5, 0.6) is 0 Å². The zero-order valence-electron chi connectivity index (χ0n) is 25.0. The molecule has 3 amide bonds. The predicted molar refractivity (Wildman–Crippen MR) is 166 cm³/mol. The molecule has 45 heavy (non-hydrogen) atoms. The van der Waals surface area contributed by atoms with Crippen LogP contribution in [0.1, 0.15) is 31.2 Å². The van der Waals surface area contributed by atoms with Crippen molar-refractivity contribution in [3.05, 3.63) is 48.4 Å². The summed E-state index contributed by atoms with van der Waals surface area (Å²) in [5.74, 6) is -2.44. The highest BCUT2D eigenvalue weighted by molar-refractivity contribution is 7.98. The van der Waals surface area contributed by atoms with E-state index in [1.54, 1.807) is 23.6 Å². The number of hydrogen-bond acceptors (Lipinski definition) is 9. The van der Waals surface area contributed by atoms with Gasteiger partial charge in [0.2, 0.25) is 21.7 Å². The molecule has 2 fully saturated rings. The van der Waals surface area contributed by atoms with Crippen LogP contribution in [0.4, 0.5) is 9.59 Å². The van der Waals surface area contributed by atoms with Gasteiger partial charge in [0.15, 0.2) is 0 Å². The average Bonchev–Trinajstić information content (AvgIpc) is 3.75. The third kappa shape index (κ3) is 5.84. The number of likely N-dealkylation sites (tertiary alicyclic amines) is 1. The summed E-state index contributed by atoms with van der Waals surface area (Å²) in [4.78, 5) is 58.4. The van der Waals surface area contributed by atoms with Gasteiger partial charge < -0.3 is 29.5 Å². The molecule has 2 aromatic rings. The van der Waals surface area contributed by atoms with E-state index in [1.165, 1.54) is 28.4 Å². The van der Waals surface area contributed by atoms with Gasteiger partial charge in [-0.05, 0) is 13.2 Å². The number of imidazole rings is 1. The van der Waals surface area contributed by atoms with Crippen molar-refractivity contribution in [2.24, 2.45) is 16.8 Å². The summed E-state index contributed by atoms with van der Waals surface area (Å²) >= 11 is 2.98. The number of hydrogen-bond donors (Lipinski definition) is 3. The lowest BCUT2D eigenvalue weighted by atomic mass is 9.77. The fourth-order valence-corrected chi connectivity index (χ4v) is 8.45. The summed E-state index contributed by atoms with van der Waals surface area (Å²) in [5, 5.41) is 23.8. The van der Waals surface area contributed by atoms with Crippen LogP contribution >= 0.6 is 23.1 Å². The summed E-state index contributed by atoms with van der Waals surface area (Å²) in [5.41, 5.74) is 0.559. The van der Waals surface area contributed by atoms with Gasteiger partial charge in [0.05, 0.1) is 29.5 Å². The predicted octanol–water partition coefficient (Wildman–Crippen LogP) is 2.50. The van der Waals surface area contributed by atoms with Crippen molar-refractivity contribution in [1.29, 1.82) is 0 Å². The minimum absolute atomic E-state index is 0.00766. The molecule has 5 atom stereocenters. The Balaban J connectivity index is 1.42. The first-order valence-electron chi connectivity index (χ1n) is 14.3. The molecule has 0 aromatic carbocycles. The molecular weight excluding hydrogens is 624 g/mol. The third-order valence-electron chi connectivity index (χ3n) is 8.12. The van der Waals surface area contributed by atoms with Crippen LogP contribution in [0.3, 0.4) is 0 Å². The van der Waals surface area contributed by atoms with Crippen LogP contribution < -0.4 is 9.88 Å². The van der Waals surface area contributed by atoms with Crippen LogP contribution in [0.25, 0.3) is 10.4 Å². The van der Waals surface area contributed by atoms with E-state index in [2.05, 4.69) is 28.0 Å². The monoisotopic (exact) mass is 659 g/mol. The molecule has 0 unspecified atom stereocenters. The maximum absolute atomic E-state index is 12.8. The van der Waals surface area contributed by atoms with E-state index in [-0.39, 0.29) is 42.7 Å². The van der Waals surface area contributed by atoms with E-state index in [0.29, 0.717) is 25.1 Å². The summed E-state index contributed by atoms with van der Waals surface area (Å²) in [7, 11) is 0.